The monoisotopic (exact) mass is 414 g/mol. The summed E-state index contributed by atoms with van der Waals surface area (Å²) in [6, 6.07) is 12.1. The highest BCUT2D eigenvalue weighted by Gasteiger charge is 2.14. The summed E-state index contributed by atoms with van der Waals surface area (Å²) < 4.78 is 60.4. The topological polar surface area (TPSA) is 93.7 Å². The molecule has 0 saturated carbocycles. The third-order valence-electron chi connectivity index (χ3n) is 3.63. The molecule has 0 atom stereocenters. The zero-order valence-electron chi connectivity index (χ0n) is 15.0. The molecule has 0 fully saturated rings. The van der Waals surface area contributed by atoms with E-state index in [0.29, 0.717) is 5.56 Å². The van der Waals surface area contributed by atoms with Gasteiger partial charge in [0.2, 0.25) is 15.9 Å². The van der Waals surface area contributed by atoms with Crippen LogP contribution >= 0.6 is 0 Å². The van der Waals surface area contributed by atoms with Gasteiger partial charge in [-0.05, 0) is 29.8 Å². The maximum Gasteiger partial charge on any atom is 0.387 e. The third kappa shape index (κ3) is 6.46. The fraction of sp³-hybridized carbons (Fsp3) is 0.278. The molecule has 2 aromatic carbocycles. The molecule has 0 bridgehead atoms. The van der Waals surface area contributed by atoms with Crippen molar-refractivity contribution in [2.75, 3.05) is 13.7 Å². The second-order valence-corrected chi connectivity index (χ2v) is 7.37. The van der Waals surface area contributed by atoms with E-state index in [9.17, 15) is 22.0 Å². The lowest BCUT2D eigenvalue weighted by Gasteiger charge is -2.12. The average Bonchev–Trinajstić information content (AvgIpc) is 2.67. The fourth-order valence-electron chi connectivity index (χ4n) is 2.29. The molecular weight excluding hydrogens is 394 g/mol. The van der Waals surface area contributed by atoms with Crippen molar-refractivity contribution < 1.29 is 31.5 Å². The maximum atomic E-state index is 12.3. The molecule has 0 aliphatic heterocycles. The summed E-state index contributed by atoms with van der Waals surface area (Å²) in [6.07, 6.45) is -0.0597. The molecule has 152 valence electrons. The SMILES string of the molecule is COc1cc(CNC(=O)CCNS(=O)(=O)c2ccccc2)ccc1OC(F)F. The lowest BCUT2D eigenvalue weighted by molar-refractivity contribution is -0.121. The first kappa shape index (κ1) is 21.6. The van der Waals surface area contributed by atoms with Crippen LogP contribution in [0.25, 0.3) is 0 Å². The van der Waals surface area contributed by atoms with Crippen LogP contribution < -0.4 is 19.5 Å². The van der Waals surface area contributed by atoms with E-state index < -0.39 is 16.6 Å². The minimum atomic E-state index is -3.67. The second-order valence-electron chi connectivity index (χ2n) is 5.60. The predicted molar refractivity (Wildman–Crippen MR) is 97.7 cm³/mol. The van der Waals surface area contributed by atoms with Crippen LogP contribution in [0.2, 0.25) is 0 Å². The molecule has 10 heteroatoms. The smallest absolute Gasteiger partial charge is 0.387 e. The number of alkyl halides is 2. The number of halogens is 2. The van der Waals surface area contributed by atoms with E-state index in [1.165, 1.54) is 37.4 Å². The van der Waals surface area contributed by atoms with Gasteiger partial charge in [-0.3, -0.25) is 4.79 Å². The standard InChI is InChI=1S/C18H20F2N2O5S/c1-26-16-11-13(7-8-15(16)27-18(19)20)12-21-17(23)9-10-22-28(24,25)14-5-3-2-4-6-14/h2-8,11,18,22H,9-10,12H2,1H3,(H,21,23). The van der Waals surface area contributed by atoms with Gasteiger partial charge in [0.25, 0.3) is 0 Å². The summed E-state index contributed by atoms with van der Waals surface area (Å²) in [5.74, 6) is -0.367. The first-order chi connectivity index (χ1) is 13.3. The number of carbonyl (C=O) groups is 1. The van der Waals surface area contributed by atoms with Crippen molar-refractivity contribution in [3.8, 4) is 11.5 Å². The van der Waals surface area contributed by atoms with Crippen molar-refractivity contribution in [2.45, 2.75) is 24.5 Å². The van der Waals surface area contributed by atoms with Gasteiger partial charge >= 0.3 is 6.61 Å². The molecule has 7 nitrogen and oxygen atoms in total. The van der Waals surface area contributed by atoms with Crippen molar-refractivity contribution in [1.82, 2.24) is 10.0 Å². The van der Waals surface area contributed by atoms with Crippen LogP contribution in [0.3, 0.4) is 0 Å². The van der Waals surface area contributed by atoms with E-state index in [2.05, 4.69) is 14.8 Å². The maximum absolute atomic E-state index is 12.3. The zero-order valence-corrected chi connectivity index (χ0v) is 15.8. The van der Waals surface area contributed by atoms with Gasteiger partial charge in [-0.15, -0.1) is 0 Å². The van der Waals surface area contributed by atoms with E-state index in [4.69, 9.17) is 4.74 Å². The van der Waals surface area contributed by atoms with Crippen LogP contribution in [0.5, 0.6) is 11.5 Å². The Balaban J connectivity index is 1.82. The van der Waals surface area contributed by atoms with Gasteiger partial charge in [-0.1, -0.05) is 24.3 Å². The van der Waals surface area contributed by atoms with Crippen molar-refractivity contribution in [1.29, 1.82) is 0 Å². The number of nitrogens with one attached hydrogen (secondary N) is 2. The van der Waals surface area contributed by atoms with Crippen LogP contribution in [-0.2, 0) is 21.4 Å². The summed E-state index contributed by atoms with van der Waals surface area (Å²) in [5.41, 5.74) is 0.608. The predicted octanol–water partition coefficient (Wildman–Crippen LogP) is 2.28. The second kappa shape index (κ2) is 10.00. The van der Waals surface area contributed by atoms with Crippen molar-refractivity contribution in [3.05, 3.63) is 54.1 Å². The number of carbonyl (C=O) groups excluding carboxylic acids is 1. The molecule has 0 radical (unpaired) electrons. The van der Waals surface area contributed by atoms with Crippen LogP contribution in [0.15, 0.2) is 53.4 Å². The Kier molecular flexibility index (Phi) is 7.70. The third-order valence-corrected chi connectivity index (χ3v) is 5.11. The van der Waals surface area contributed by atoms with Crippen molar-refractivity contribution in [2.24, 2.45) is 0 Å². The number of amides is 1. The molecule has 0 spiro atoms. The lowest BCUT2D eigenvalue weighted by atomic mass is 10.2. The lowest BCUT2D eigenvalue weighted by Crippen LogP contribution is -2.30. The van der Waals surface area contributed by atoms with E-state index in [1.54, 1.807) is 18.2 Å². The van der Waals surface area contributed by atoms with Crippen molar-refractivity contribution >= 4 is 15.9 Å². The Labute approximate surface area is 161 Å². The summed E-state index contributed by atoms with van der Waals surface area (Å²) in [6.45, 7) is -2.91. The number of methoxy groups -OCH3 is 1. The number of ether oxygens (including phenoxy) is 2. The summed E-state index contributed by atoms with van der Waals surface area (Å²) >= 11 is 0. The van der Waals surface area contributed by atoms with E-state index in [-0.39, 0.29) is 41.8 Å². The molecule has 0 aromatic heterocycles. The van der Waals surface area contributed by atoms with Gasteiger partial charge in [0, 0.05) is 19.5 Å². The number of benzene rings is 2. The molecule has 2 rings (SSSR count). The highest BCUT2D eigenvalue weighted by atomic mass is 32.2. The molecule has 0 unspecified atom stereocenters. The molecule has 2 aromatic rings. The Bertz CT molecular complexity index is 892. The van der Waals surface area contributed by atoms with Crippen molar-refractivity contribution in [3.63, 3.8) is 0 Å². The number of hydrogen-bond acceptors (Lipinski definition) is 5. The highest BCUT2D eigenvalue weighted by molar-refractivity contribution is 7.89. The molecule has 2 N–H and O–H groups in total. The summed E-state index contributed by atoms with van der Waals surface area (Å²) in [7, 11) is -2.35. The van der Waals surface area contributed by atoms with Crippen LogP contribution in [-0.4, -0.2) is 34.6 Å². The summed E-state index contributed by atoms with van der Waals surface area (Å²) in [5, 5.41) is 2.62. The molecular formula is C18H20F2N2O5S. The molecule has 28 heavy (non-hydrogen) atoms. The van der Waals surface area contributed by atoms with Crippen LogP contribution in [0.1, 0.15) is 12.0 Å². The Morgan fingerprint density at radius 2 is 1.82 bits per heavy atom. The minimum absolute atomic E-state index is 0.0597. The zero-order chi connectivity index (χ0) is 20.6. The van der Waals surface area contributed by atoms with Crippen LogP contribution in [0, 0.1) is 0 Å². The summed E-state index contributed by atoms with van der Waals surface area (Å²) in [4.78, 5) is 12.0. The average molecular weight is 414 g/mol. The first-order valence-electron chi connectivity index (χ1n) is 8.25. The van der Waals surface area contributed by atoms with E-state index in [0.717, 1.165) is 0 Å². The van der Waals surface area contributed by atoms with Crippen LogP contribution in [0.4, 0.5) is 8.78 Å². The normalized spacial score (nSPS) is 11.3. The Morgan fingerprint density at radius 1 is 1.11 bits per heavy atom. The quantitative estimate of drug-likeness (QED) is 0.622. The number of hydrogen-bond donors (Lipinski definition) is 2. The molecule has 0 aliphatic rings. The van der Waals surface area contributed by atoms with Gasteiger partial charge in [-0.2, -0.15) is 8.78 Å². The highest BCUT2D eigenvalue weighted by Crippen LogP contribution is 2.29. The minimum Gasteiger partial charge on any atom is -0.493 e. The van der Waals surface area contributed by atoms with Gasteiger partial charge in [-0.25, -0.2) is 13.1 Å². The first-order valence-corrected chi connectivity index (χ1v) is 9.73. The molecule has 0 heterocycles. The van der Waals surface area contributed by atoms with Gasteiger partial charge in [0.15, 0.2) is 11.5 Å². The van der Waals surface area contributed by atoms with E-state index >= 15 is 0 Å². The largest absolute Gasteiger partial charge is 0.493 e. The fourth-order valence-corrected chi connectivity index (χ4v) is 3.34. The van der Waals surface area contributed by atoms with Gasteiger partial charge < -0.3 is 14.8 Å². The van der Waals surface area contributed by atoms with Gasteiger partial charge in [0.05, 0.1) is 12.0 Å². The number of sulfonamides is 1. The Hall–Kier alpha value is -2.72. The van der Waals surface area contributed by atoms with Gasteiger partial charge in [0.1, 0.15) is 0 Å². The Morgan fingerprint density at radius 3 is 2.46 bits per heavy atom. The molecule has 0 saturated heterocycles. The number of rotatable bonds is 10. The molecule has 0 aliphatic carbocycles. The van der Waals surface area contributed by atoms with E-state index in [1.807, 2.05) is 0 Å². The molecule has 1 amide bonds.